The number of aliphatic carboxylic acids is 1. The van der Waals surface area contributed by atoms with Crippen molar-refractivity contribution in [2.24, 2.45) is 11.8 Å². The Balaban J connectivity index is 0.000000186. The van der Waals surface area contributed by atoms with Gasteiger partial charge < -0.3 is 15.2 Å². The number of hydrogen-bond acceptors (Lipinski definition) is 4. The number of carboxylic acids is 1. The first-order valence-corrected chi connectivity index (χ1v) is 12.6. The lowest BCUT2D eigenvalue weighted by Crippen LogP contribution is -2.24. The lowest BCUT2D eigenvalue weighted by atomic mass is 9.90. The molecule has 2 N–H and O–H groups in total. The van der Waals surface area contributed by atoms with Crippen LogP contribution in [0.1, 0.15) is 11.1 Å². The Bertz CT molecular complexity index is 1230. The summed E-state index contributed by atoms with van der Waals surface area (Å²) in [6, 6.07) is 38.4. The molecule has 2 atom stereocenters. The number of benzene rings is 4. The number of ether oxygens (including phenoxy) is 1. The highest BCUT2D eigenvalue weighted by Gasteiger charge is 2.37. The van der Waals surface area contributed by atoms with Crippen molar-refractivity contribution in [3.63, 3.8) is 0 Å². The van der Waals surface area contributed by atoms with Gasteiger partial charge >= 0.3 is 5.97 Å². The second-order valence-electron chi connectivity index (χ2n) is 9.30. The van der Waals surface area contributed by atoms with E-state index in [0.29, 0.717) is 6.54 Å². The van der Waals surface area contributed by atoms with E-state index in [1.807, 2.05) is 91.0 Å². The standard InChI is InChI=1S/C19H21NO2.C13H13NO/c21-19(22)18-14-20(12-16-9-5-2-6-10-16)13-17(18)11-15-7-3-1-4-8-15;1-15-13-9-5-8-12(10-13)14-11-6-3-2-4-7-11/h1-10,17-18H,11-14H2,(H,21,22);2-10,14H,1H3/t17-,18-;/m0./s1. The topological polar surface area (TPSA) is 61.8 Å². The highest BCUT2D eigenvalue weighted by molar-refractivity contribution is 5.71. The minimum Gasteiger partial charge on any atom is -0.497 e. The fourth-order valence-corrected chi connectivity index (χ4v) is 4.72. The Morgan fingerprint density at radius 2 is 1.41 bits per heavy atom. The average Bonchev–Trinajstić information content (AvgIpc) is 3.33. The first-order chi connectivity index (χ1) is 18.1. The molecule has 190 valence electrons. The maximum atomic E-state index is 11.6. The van der Waals surface area contributed by atoms with Crippen molar-refractivity contribution in [2.45, 2.75) is 13.0 Å². The number of likely N-dealkylation sites (tertiary alicyclic amines) is 1. The van der Waals surface area contributed by atoms with Gasteiger partial charge in [-0.05, 0) is 47.7 Å². The molecule has 0 saturated carbocycles. The van der Waals surface area contributed by atoms with Gasteiger partial charge in [0.1, 0.15) is 5.75 Å². The second-order valence-corrected chi connectivity index (χ2v) is 9.30. The number of carbonyl (C=O) groups is 1. The van der Waals surface area contributed by atoms with Crippen LogP contribution in [0.15, 0.2) is 115 Å². The Labute approximate surface area is 219 Å². The summed E-state index contributed by atoms with van der Waals surface area (Å²) in [4.78, 5) is 13.8. The molecular formula is C32H34N2O3. The number of rotatable bonds is 8. The summed E-state index contributed by atoms with van der Waals surface area (Å²) in [5.41, 5.74) is 4.57. The zero-order chi connectivity index (χ0) is 25.9. The van der Waals surface area contributed by atoms with Gasteiger partial charge in [0, 0.05) is 37.1 Å². The SMILES string of the molecule is COc1cccc(Nc2ccccc2)c1.O=C(O)[C@H]1CN(Cc2ccccc2)C[C@@H]1Cc1ccccc1. The van der Waals surface area contributed by atoms with E-state index in [1.54, 1.807) is 7.11 Å². The third-order valence-electron chi connectivity index (χ3n) is 6.56. The third-order valence-corrected chi connectivity index (χ3v) is 6.56. The van der Waals surface area contributed by atoms with Crippen LogP contribution in [-0.2, 0) is 17.8 Å². The van der Waals surface area contributed by atoms with Crippen LogP contribution in [0.3, 0.4) is 0 Å². The summed E-state index contributed by atoms with van der Waals surface area (Å²) in [5, 5.41) is 12.8. The minimum absolute atomic E-state index is 0.184. The predicted octanol–water partition coefficient (Wildman–Crippen LogP) is 6.50. The molecule has 1 fully saturated rings. The first kappa shape index (κ1) is 26.0. The van der Waals surface area contributed by atoms with Crippen LogP contribution in [0.25, 0.3) is 0 Å². The van der Waals surface area contributed by atoms with Crippen LogP contribution in [0.5, 0.6) is 5.75 Å². The first-order valence-electron chi connectivity index (χ1n) is 12.6. The number of nitrogens with zero attached hydrogens (tertiary/aromatic N) is 1. The molecule has 0 amide bonds. The minimum atomic E-state index is -0.670. The lowest BCUT2D eigenvalue weighted by molar-refractivity contribution is -0.142. The summed E-state index contributed by atoms with van der Waals surface area (Å²) in [6.45, 7) is 2.32. The van der Waals surface area contributed by atoms with Crippen LogP contribution in [0.2, 0.25) is 0 Å². The smallest absolute Gasteiger partial charge is 0.308 e. The van der Waals surface area contributed by atoms with Gasteiger partial charge in [-0.25, -0.2) is 0 Å². The molecule has 0 unspecified atom stereocenters. The van der Waals surface area contributed by atoms with Gasteiger partial charge in [0.05, 0.1) is 13.0 Å². The van der Waals surface area contributed by atoms with Crippen LogP contribution in [0, 0.1) is 11.8 Å². The van der Waals surface area contributed by atoms with E-state index in [0.717, 1.165) is 36.6 Å². The van der Waals surface area contributed by atoms with Crippen LogP contribution < -0.4 is 10.1 Å². The molecule has 5 heteroatoms. The predicted molar refractivity (Wildman–Crippen MR) is 149 cm³/mol. The summed E-state index contributed by atoms with van der Waals surface area (Å²) >= 11 is 0. The average molecular weight is 495 g/mol. The molecule has 5 nitrogen and oxygen atoms in total. The number of nitrogens with one attached hydrogen (secondary N) is 1. The van der Waals surface area contributed by atoms with Crippen molar-refractivity contribution < 1.29 is 14.6 Å². The van der Waals surface area contributed by atoms with Crippen molar-refractivity contribution in [2.75, 3.05) is 25.5 Å². The third kappa shape index (κ3) is 7.95. The summed E-state index contributed by atoms with van der Waals surface area (Å²) in [6.07, 6.45) is 0.836. The summed E-state index contributed by atoms with van der Waals surface area (Å²) < 4.78 is 5.15. The normalized spacial score (nSPS) is 16.9. The Kier molecular flexibility index (Phi) is 9.33. The number of methoxy groups -OCH3 is 1. The molecule has 4 aromatic carbocycles. The molecule has 5 rings (SSSR count). The van der Waals surface area contributed by atoms with E-state index in [9.17, 15) is 9.90 Å². The maximum absolute atomic E-state index is 11.6. The highest BCUT2D eigenvalue weighted by atomic mass is 16.5. The lowest BCUT2D eigenvalue weighted by Gasteiger charge is -2.16. The molecule has 4 aromatic rings. The van der Waals surface area contributed by atoms with Crippen LogP contribution in [0.4, 0.5) is 11.4 Å². The number of carboxylic acid groups (broad SMARTS) is 1. The van der Waals surface area contributed by atoms with Crippen molar-refractivity contribution in [1.82, 2.24) is 4.90 Å². The molecule has 1 aliphatic rings. The van der Waals surface area contributed by atoms with E-state index in [-0.39, 0.29) is 11.8 Å². The van der Waals surface area contributed by atoms with E-state index < -0.39 is 5.97 Å². The Hall–Kier alpha value is -4.09. The molecule has 0 bridgehead atoms. The maximum Gasteiger partial charge on any atom is 0.308 e. The van der Waals surface area contributed by atoms with Gasteiger partial charge in [0.25, 0.3) is 0 Å². The molecule has 0 radical (unpaired) electrons. The second kappa shape index (κ2) is 13.3. The largest absolute Gasteiger partial charge is 0.497 e. The quantitative estimate of drug-likeness (QED) is 0.293. The number of anilines is 2. The van der Waals surface area contributed by atoms with E-state index in [4.69, 9.17) is 4.74 Å². The Morgan fingerprint density at radius 3 is 2.03 bits per heavy atom. The number of para-hydroxylation sites is 1. The molecule has 0 aromatic heterocycles. The van der Waals surface area contributed by atoms with Crippen LogP contribution >= 0.6 is 0 Å². The summed E-state index contributed by atoms with van der Waals surface area (Å²) in [7, 11) is 1.67. The molecule has 37 heavy (non-hydrogen) atoms. The fourth-order valence-electron chi connectivity index (χ4n) is 4.72. The van der Waals surface area contributed by atoms with E-state index >= 15 is 0 Å². The molecule has 1 heterocycles. The Morgan fingerprint density at radius 1 is 0.811 bits per heavy atom. The zero-order valence-corrected chi connectivity index (χ0v) is 21.2. The monoisotopic (exact) mass is 494 g/mol. The van der Waals surface area contributed by atoms with Gasteiger partial charge in [-0.2, -0.15) is 0 Å². The van der Waals surface area contributed by atoms with E-state index in [1.165, 1.54) is 11.1 Å². The van der Waals surface area contributed by atoms with Gasteiger partial charge in [0.15, 0.2) is 0 Å². The molecule has 0 aliphatic carbocycles. The van der Waals surface area contributed by atoms with E-state index in [2.05, 4.69) is 34.5 Å². The molecule has 0 spiro atoms. The van der Waals surface area contributed by atoms with Crippen molar-refractivity contribution in [3.8, 4) is 5.75 Å². The zero-order valence-electron chi connectivity index (χ0n) is 21.2. The van der Waals surface area contributed by atoms with Gasteiger partial charge in [-0.15, -0.1) is 0 Å². The van der Waals surface area contributed by atoms with Gasteiger partial charge in [-0.3, -0.25) is 9.69 Å². The van der Waals surface area contributed by atoms with Crippen LogP contribution in [-0.4, -0.2) is 36.2 Å². The number of hydrogen-bond donors (Lipinski definition) is 2. The van der Waals surface area contributed by atoms with Crippen molar-refractivity contribution >= 4 is 17.3 Å². The van der Waals surface area contributed by atoms with Crippen molar-refractivity contribution in [1.29, 1.82) is 0 Å². The highest BCUT2D eigenvalue weighted by Crippen LogP contribution is 2.28. The van der Waals surface area contributed by atoms with Gasteiger partial charge in [-0.1, -0.05) is 84.9 Å². The fraction of sp³-hybridized carbons (Fsp3) is 0.219. The molecule has 1 aliphatic heterocycles. The van der Waals surface area contributed by atoms with Crippen molar-refractivity contribution in [3.05, 3.63) is 126 Å². The molecular weight excluding hydrogens is 460 g/mol. The van der Waals surface area contributed by atoms with Gasteiger partial charge in [0.2, 0.25) is 0 Å². The summed E-state index contributed by atoms with van der Waals surface area (Å²) in [5.74, 6) is 0.0972. The molecule has 1 saturated heterocycles.